The smallest absolute Gasteiger partial charge is 0.346 e. The van der Waals surface area contributed by atoms with Gasteiger partial charge in [0.25, 0.3) is 0 Å². The van der Waals surface area contributed by atoms with Crippen LogP contribution >= 0.6 is 0 Å². The number of nitrogens with zero attached hydrogens (tertiary/aromatic N) is 1. The maximum absolute atomic E-state index is 12.0. The van der Waals surface area contributed by atoms with Crippen molar-refractivity contribution in [2.45, 2.75) is 38.9 Å². The highest BCUT2D eigenvalue weighted by atomic mass is 19.4. The summed E-state index contributed by atoms with van der Waals surface area (Å²) in [7, 11) is 0. The molecule has 1 rings (SSSR count). The fourth-order valence-electron chi connectivity index (χ4n) is 2.47. The van der Waals surface area contributed by atoms with E-state index >= 15 is 0 Å². The van der Waals surface area contributed by atoms with Gasteiger partial charge in [0, 0.05) is 19.1 Å². The Morgan fingerprint density at radius 3 is 2.65 bits per heavy atom. The van der Waals surface area contributed by atoms with E-state index in [0.29, 0.717) is 12.0 Å². The van der Waals surface area contributed by atoms with E-state index in [-0.39, 0.29) is 6.54 Å². The number of halogens is 3. The molecule has 0 aliphatic carbocycles. The molecule has 2 unspecified atom stereocenters. The predicted octanol–water partition coefficient (Wildman–Crippen LogP) is 1.37. The lowest BCUT2D eigenvalue weighted by atomic mass is 9.93. The Balaban J connectivity index is 2.28. The molecule has 0 aromatic carbocycles. The maximum Gasteiger partial charge on any atom is 0.405 e. The van der Waals surface area contributed by atoms with Crippen molar-refractivity contribution in [3.8, 4) is 0 Å². The summed E-state index contributed by atoms with van der Waals surface area (Å²) in [4.78, 5) is 13.4. The van der Waals surface area contributed by atoms with Gasteiger partial charge in [-0.1, -0.05) is 13.8 Å². The highest BCUT2D eigenvalue weighted by Crippen LogP contribution is 2.17. The van der Waals surface area contributed by atoms with Crippen LogP contribution in [-0.2, 0) is 4.79 Å². The van der Waals surface area contributed by atoms with Crippen LogP contribution in [0.15, 0.2) is 0 Å². The molecule has 1 saturated heterocycles. The molecule has 0 spiro atoms. The molecule has 2 atom stereocenters. The molecular formula is C13H24F3N3O. The standard InChI is InChI=1S/C13H24F3N3O/c1-3-5-17-11-4-6-19(7-10(11)2)8-12(20)18-9-13(14,15)16/h10-11,17H,3-9H2,1-2H3,(H,18,20). The van der Waals surface area contributed by atoms with Crippen LogP contribution < -0.4 is 10.6 Å². The van der Waals surface area contributed by atoms with Crippen LogP contribution in [-0.4, -0.2) is 55.7 Å². The van der Waals surface area contributed by atoms with Crippen LogP contribution in [0.25, 0.3) is 0 Å². The van der Waals surface area contributed by atoms with Gasteiger partial charge >= 0.3 is 6.18 Å². The molecule has 0 saturated carbocycles. The lowest BCUT2D eigenvalue weighted by molar-refractivity contribution is -0.139. The summed E-state index contributed by atoms with van der Waals surface area (Å²) in [6.45, 7) is 5.45. The summed E-state index contributed by atoms with van der Waals surface area (Å²) in [5, 5.41) is 5.37. The van der Waals surface area contributed by atoms with Crippen molar-refractivity contribution in [1.82, 2.24) is 15.5 Å². The quantitative estimate of drug-likeness (QED) is 0.778. The minimum atomic E-state index is -4.35. The minimum Gasteiger partial charge on any atom is -0.346 e. The highest BCUT2D eigenvalue weighted by molar-refractivity contribution is 5.78. The Bertz CT molecular complexity index is 310. The van der Waals surface area contributed by atoms with Gasteiger partial charge < -0.3 is 10.6 Å². The number of carbonyl (C=O) groups is 1. The third-order valence-electron chi connectivity index (χ3n) is 3.50. The number of amides is 1. The van der Waals surface area contributed by atoms with Gasteiger partial charge in [-0.3, -0.25) is 9.69 Å². The summed E-state index contributed by atoms with van der Waals surface area (Å²) in [6, 6.07) is 0.435. The molecule has 0 aromatic heterocycles. The van der Waals surface area contributed by atoms with Crippen molar-refractivity contribution in [2.24, 2.45) is 5.92 Å². The second-order valence-electron chi connectivity index (χ2n) is 5.45. The monoisotopic (exact) mass is 295 g/mol. The number of rotatable bonds is 6. The fourth-order valence-corrected chi connectivity index (χ4v) is 2.47. The molecule has 1 heterocycles. The number of alkyl halides is 3. The first kappa shape index (κ1) is 17.2. The van der Waals surface area contributed by atoms with Crippen molar-refractivity contribution in [3.63, 3.8) is 0 Å². The van der Waals surface area contributed by atoms with Gasteiger partial charge in [-0.2, -0.15) is 13.2 Å². The van der Waals surface area contributed by atoms with Crippen LogP contribution in [0.5, 0.6) is 0 Å². The van der Waals surface area contributed by atoms with Crippen LogP contribution in [0.4, 0.5) is 13.2 Å². The lowest BCUT2D eigenvalue weighted by Crippen LogP contribution is -2.51. The van der Waals surface area contributed by atoms with Crippen molar-refractivity contribution in [2.75, 3.05) is 32.7 Å². The first-order chi connectivity index (χ1) is 9.31. The van der Waals surface area contributed by atoms with Gasteiger partial charge in [0.1, 0.15) is 6.54 Å². The molecule has 20 heavy (non-hydrogen) atoms. The lowest BCUT2D eigenvalue weighted by Gasteiger charge is -2.37. The van der Waals surface area contributed by atoms with E-state index in [1.807, 2.05) is 10.2 Å². The second kappa shape index (κ2) is 7.83. The normalized spacial score (nSPS) is 24.6. The third kappa shape index (κ3) is 6.56. The predicted molar refractivity (Wildman–Crippen MR) is 71.4 cm³/mol. The Kier molecular flexibility index (Phi) is 6.75. The van der Waals surface area contributed by atoms with E-state index in [4.69, 9.17) is 0 Å². The highest BCUT2D eigenvalue weighted by Gasteiger charge is 2.29. The minimum absolute atomic E-state index is 0.0426. The summed E-state index contributed by atoms with van der Waals surface area (Å²) in [5.41, 5.74) is 0. The van der Waals surface area contributed by atoms with E-state index in [9.17, 15) is 18.0 Å². The third-order valence-corrected chi connectivity index (χ3v) is 3.50. The van der Waals surface area contributed by atoms with Gasteiger partial charge in [-0.25, -0.2) is 0 Å². The van der Waals surface area contributed by atoms with Crippen LogP contribution in [0.2, 0.25) is 0 Å². The van der Waals surface area contributed by atoms with Crippen LogP contribution in [0.1, 0.15) is 26.7 Å². The molecule has 1 amide bonds. The molecule has 0 aromatic rings. The van der Waals surface area contributed by atoms with E-state index < -0.39 is 18.6 Å². The van der Waals surface area contributed by atoms with Crippen molar-refractivity contribution >= 4 is 5.91 Å². The average molecular weight is 295 g/mol. The Morgan fingerprint density at radius 1 is 1.40 bits per heavy atom. The number of likely N-dealkylation sites (tertiary alicyclic amines) is 1. The first-order valence-corrected chi connectivity index (χ1v) is 7.11. The zero-order valence-electron chi connectivity index (χ0n) is 12.1. The summed E-state index contributed by atoms with van der Waals surface area (Å²) in [5.74, 6) is -0.166. The molecule has 1 aliphatic rings. The van der Waals surface area contributed by atoms with E-state index in [1.54, 1.807) is 0 Å². The van der Waals surface area contributed by atoms with Crippen molar-refractivity contribution < 1.29 is 18.0 Å². The second-order valence-corrected chi connectivity index (χ2v) is 5.45. The van der Waals surface area contributed by atoms with Gasteiger partial charge in [0.05, 0.1) is 6.54 Å². The van der Waals surface area contributed by atoms with E-state index in [1.165, 1.54) is 0 Å². The van der Waals surface area contributed by atoms with Gasteiger partial charge in [-0.15, -0.1) is 0 Å². The van der Waals surface area contributed by atoms with E-state index in [2.05, 4.69) is 19.2 Å². The van der Waals surface area contributed by atoms with E-state index in [0.717, 1.165) is 32.5 Å². The molecule has 0 bridgehead atoms. The number of piperidine rings is 1. The molecule has 118 valence electrons. The molecule has 4 nitrogen and oxygen atoms in total. The van der Waals surface area contributed by atoms with Crippen LogP contribution in [0, 0.1) is 5.92 Å². The number of hydrogen-bond donors (Lipinski definition) is 2. The van der Waals surface area contributed by atoms with Gasteiger partial charge in [-0.05, 0) is 25.3 Å². The van der Waals surface area contributed by atoms with Crippen LogP contribution in [0.3, 0.4) is 0 Å². The molecular weight excluding hydrogens is 271 g/mol. The SMILES string of the molecule is CCCNC1CCN(CC(=O)NCC(F)(F)F)CC1C. The number of nitrogens with one attached hydrogen (secondary N) is 2. The first-order valence-electron chi connectivity index (χ1n) is 7.11. The summed E-state index contributed by atoms with van der Waals surface area (Å²) < 4.78 is 36.0. The molecule has 1 aliphatic heterocycles. The molecule has 0 radical (unpaired) electrons. The summed E-state index contributed by atoms with van der Waals surface area (Å²) >= 11 is 0. The maximum atomic E-state index is 12.0. The number of carbonyl (C=O) groups excluding carboxylic acids is 1. The zero-order valence-corrected chi connectivity index (χ0v) is 12.1. The zero-order chi connectivity index (χ0) is 15.2. The van der Waals surface area contributed by atoms with Crippen molar-refractivity contribution in [1.29, 1.82) is 0 Å². The largest absolute Gasteiger partial charge is 0.405 e. The van der Waals surface area contributed by atoms with Gasteiger partial charge in [0.2, 0.25) is 5.91 Å². The topological polar surface area (TPSA) is 44.4 Å². The molecule has 2 N–H and O–H groups in total. The Labute approximate surface area is 118 Å². The average Bonchev–Trinajstić information content (AvgIpc) is 2.35. The molecule has 1 fully saturated rings. The Morgan fingerprint density at radius 2 is 2.10 bits per heavy atom. The fraction of sp³-hybridized carbons (Fsp3) is 0.923. The number of hydrogen-bond acceptors (Lipinski definition) is 3. The Hall–Kier alpha value is -0.820. The van der Waals surface area contributed by atoms with Gasteiger partial charge in [0.15, 0.2) is 0 Å². The molecule has 7 heteroatoms. The summed E-state index contributed by atoms with van der Waals surface area (Å²) in [6.07, 6.45) is -2.35. The van der Waals surface area contributed by atoms with Crippen molar-refractivity contribution in [3.05, 3.63) is 0 Å².